The fourth-order valence-corrected chi connectivity index (χ4v) is 2.87. The van der Waals surface area contributed by atoms with Gasteiger partial charge in [0.1, 0.15) is 12.4 Å². The number of carbonyl (C=O) groups excluding carboxylic acids is 1. The maximum Gasteiger partial charge on any atom is 0.189 e. The van der Waals surface area contributed by atoms with Crippen molar-refractivity contribution in [1.82, 2.24) is 0 Å². The van der Waals surface area contributed by atoms with Gasteiger partial charge < -0.3 is 4.74 Å². The minimum atomic E-state index is 0.157. The van der Waals surface area contributed by atoms with Crippen LogP contribution in [0.4, 0.5) is 0 Å². The quantitative estimate of drug-likeness (QED) is 0.458. The zero-order valence-corrected chi connectivity index (χ0v) is 13.1. The Hall–Kier alpha value is -2.61. The number of Topliss-reactive ketones (excluding diaryl/α,β-unsaturated/α-hetero) is 1. The highest BCUT2D eigenvalue weighted by Gasteiger charge is 2.19. The summed E-state index contributed by atoms with van der Waals surface area (Å²) in [6.07, 6.45) is 6.52. The van der Waals surface area contributed by atoms with Gasteiger partial charge in [-0.2, -0.15) is 0 Å². The number of ether oxygens (including phenoxy) is 1. The number of fused-ring (bicyclic) bond motifs is 1. The highest BCUT2D eigenvalue weighted by Crippen LogP contribution is 2.26. The molecule has 2 aromatic rings. The first-order valence-corrected chi connectivity index (χ1v) is 7.95. The molecule has 0 saturated heterocycles. The summed E-state index contributed by atoms with van der Waals surface area (Å²) in [5, 5.41) is 0. The molecule has 23 heavy (non-hydrogen) atoms. The van der Waals surface area contributed by atoms with Gasteiger partial charge in [0.05, 0.1) is 0 Å². The lowest BCUT2D eigenvalue weighted by atomic mass is 9.98. The van der Waals surface area contributed by atoms with Gasteiger partial charge in [0.2, 0.25) is 0 Å². The van der Waals surface area contributed by atoms with Gasteiger partial charge in [0.25, 0.3) is 0 Å². The summed E-state index contributed by atoms with van der Waals surface area (Å²) in [6.45, 7) is 4.13. The van der Waals surface area contributed by atoms with Crippen molar-refractivity contribution < 1.29 is 9.53 Å². The van der Waals surface area contributed by atoms with Crippen LogP contribution < -0.4 is 4.74 Å². The summed E-state index contributed by atoms with van der Waals surface area (Å²) in [6, 6.07) is 15.7. The molecule has 1 aliphatic carbocycles. The van der Waals surface area contributed by atoms with Crippen molar-refractivity contribution in [1.29, 1.82) is 0 Å². The monoisotopic (exact) mass is 304 g/mol. The van der Waals surface area contributed by atoms with E-state index in [-0.39, 0.29) is 5.78 Å². The summed E-state index contributed by atoms with van der Waals surface area (Å²) in [5.41, 5.74) is 3.92. The number of aryl methyl sites for hydroxylation is 1. The molecule has 2 heteroatoms. The van der Waals surface area contributed by atoms with E-state index in [9.17, 15) is 4.79 Å². The minimum Gasteiger partial charge on any atom is -0.490 e. The third-order valence-electron chi connectivity index (χ3n) is 4.03. The van der Waals surface area contributed by atoms with Crippen LogP contribution in [-0.4, -0.2) is 12.4 Å². The van der Waals surface area contributed by atoms with Gasteiger partial charge in [-0.3, -0.25) is 4.79 Å². The lowest BCUT2D eigenvalue weighted by molar-refractivity contribution is 0.103. The third-order valence-corrected chi connectivity index (χ3v) is 4.03. The van der Waals surface area contributed by atoms with E-state index in [1.165, 1.54) is 0 Å². The average Bonchev–Trinajstić information content (AvgIpc) is 2.74. The molecule has 0 fully saturated rings. The van der Waals surface area contributed by atoms with Gasteiger partial charge in [-0.15, -0.1) is 0 Å². The van der Waals surface area contributed by atoms with Crippen LogP contribution in [0.2, 0.25) is 0 Å². The van der Waals surface area contributed by atoms with E-state index in [1.54, 1.807) is 6.08 Å². The van der Waals surface area contributed by atoms with Crippen LogP contribution >= 0.6 is 0 Å². The molecular weight excluding hydrogens is 284 g/mol. The number of hydrogen-bond donors (Lipinski definition) is 0. The Morgan fingerprint density at radius 2 is 1.83 bits per heavy atom. The Morgan fingerprint density at radius 3 is 2.61 bits per heavy atom. The first-order valence-electron chi connectivity index (χ1n) is 7.95. The van der Waals surface area contributed by atoms with E-state index in [4.69, 9.17) is 4.74 Å². The third kappa shape index (κ3) is 3.59. The van der Waals surface area contributed by atoms with E-state index in [0.717, 1.165) is 47.3 Å². The molecule has 0 spiro atoms. The number of benzene rings is 2. The largest absolute Gasteiger partial charge is 0.490 e. The summed E-state index contributed by atoms with van der Waals surface area (Å²) in [7, 11) is 0. The van der Waals surface area contributed by atoms with E-state index in [1.807, 2.05) is 48.5 Å². The second-order valence-electron chi connectivity index (χ2n) is 5.68. The molecule has 1 aliphatic rings. The summed E-state index contributed by atoms with van der Waals surface area (Å²) in [5.74, 6) is 0.967. The van der Waals surface area contributed by atoms with Crippen molar-refractivity contribution in [3.63, 3.8) is 0 Å². The Morgan fingerprint density at radius 1 is 1.04 bits per heavy atom. The van der Waals surface area contributed by atoms with Gasteiger partial charge in [-0.05, 0) is 48.6 Å². The molecule has 0 saturated carbocycles. The lowest BCUT2D eigenvalue weighted by Gasteiger charge is -2.06. The lowest BCUT2D eigenvalue weighted by Crippen LogP contribution is -2.03. The Balaban J connectivity index is 1.84. The van der Waals surface area contributed by atoms with Crippen LogP contribution in [0.15, 0.2) is 66.8 Å². The molecule has 0 unspecified atom stereocenters. The second-order valence-corrected chi connectivity index (χ2v) is 5.68. The molecule has 0 atom stereocenters. The first-order chi connectivity index (χ1) is 11.3. The zero-order chi connectivity index (χ0) is 16.1. The molecule has 0 heterocycles. The number of carbonyl (C=O) groups is 1. The molecule has 0 aromatic heterocycles. The maximum atomic E-state index is 12.7. The average molecular weight is 304 g/mol. The molecule has 0 N–H and O–H groups in total. The predicted molar refractivity (Wildman–Crippen MR) is 93.8 cm³/mol. The van der Waals surface area contributed by atoms with Crippen molar-refractivity contribution in [2.45, 2.75) is 19.3 Å². The van der Waals surface area contributed by atoms with Crippen molar-refractivity contribution >= 4 is 11.9 Å². The number of allylic oxidation sites excluding steroid dienone is 1. The van der Waals surface area contributed by atoms with E-state index in [2.05, 4.69) is 12.6 Å². The topological polar surface area (TPSA) is 26.3 Å². The van der Waals surface area contributed by atoms with E-state index in [0.29, 0.717) is 6.61 Å². The van der Waals surface area contributed by atoms with Gasteiger partial charge in [-0.25, -0.2) is 0 Å². The summed E-state index contributed by atoms with van der Waals surface area (Å²) in [4.78, 5) is 12.7. The highest BCUT2D eigenvalue weighted by molar-refractivity contribution is 6.12. The SMILES string of the molecule is C=CCOc1ccc(C=C2CCCc3ccccc3C2=O)cc1. The molecule has 0 bridgehead atoms. The number of rotatable bonds is 4. The second kappa shape index (κ2) is 7.10. The Labute approximate surface area is 137 Å². The number of hydrogen-bond acceptors (Lipinski definition) is 2. The van der Waals surface area contributed by atoms with Crippen LogP contribution in [-0.2, 0) is 6.42 Å². The van der Waals surface area contributed by atoms with Crippen LogP contribution in [0.5, 0.6) is 5.75 Å². The molecule has 2 nitrogen and oxygen atoms in total. The Bertz CT molecular complexity index is 739. The van der Waals surface area contributed by atoms with Gasteiger partial charge in [0.15, 0.2) is 5.78 Å². The van der Waals surface area contributed by atoms with E-state index >= 15 is 0 Å². The van der Waals surface area contributed by atoms with Crippen molar-refractivity contribution in [2.75, 3.05) is 6.61 Å². The van der Waals surface area contributed by atoms with Crippen molar-refractivity contribution in [3.8, 4) is 5.75 Å². The maximum absolute atomic E-state index is 12.7. The van der Waals surface area contributed by atoms with Crippen molar-refractivity contribution in [2.24, 2.45) is 0 Å². The standard InChI is InChI=1S/C21H20O2/c1-2-14-23-19-12-10-16(11-13-19)15-18-8-5-7-17-6-3-4-9-20(17)21(18)22/h2-4,6,9-13,15H,1,5,7-8,14H2. The normalized spacial score (nSPS) is 15.8. The van der Waals surface area contributed by atoms with Crippen molar-refractivity contribution in [3.05, 3.63) is 83.4 Å². The molecule has 0 radical (unpaired) electrons. The fourth-order valence-electron chi connectivity index (χ4n) is 2.87. The zero-order valence-electron chi connectivity index (χ0n) is 13.1. The van der Waals surface area contributed by atoms with Gasteiger partial charge in [-0.1, -0.05) is 49.1 Å². The Kier molecular flexibility index (Phi) is 4.72. The molecule has 0 amide bonds. The highest BCUT2D eigenvalue weighted by atomic mass is 16.5. The first kappa shape index (κ1) is 15.3. The molecule has 0 aliphatic heterocycles. The summed E-state index contributed by atoms with van der Waals surface area (Å²) < 4.78 is 5.48. The van der Waals surface area contributed by atoms with Crippen LogP contribution in [0.1, 0.15) is 34.3 Å². The molecule has 3 rings (SSSR count). The van der Waals surface area contributed by atoms with Crippen LogP contribution in [0.3, 0.4) is 0 Å². The smallest absolute Gasteiger partial charge is 0.189 e. The summed E-state index contributed by atoms with van der Waals surface area (Å²) >= 11 is 0. The molecule has 2 aromatic carbocycles. The minimum absolute atomic E-state index is 0.157. The number of ketones is 1. The van der Waals surface area contributed by atoms with Gasteiger partial charge in [0, 0.05) is 11.1 Å². The molecular formula is C21H20O2. The van der Waals surface area contributed by atoms with Gasteiger partial charge >= 0.3 is 0 Å². The van der Waals surface area contributed by atoms with Crippen LogP contribution in [0, 0.1) is 0 Å². The fraction of sp³-hybridized carbons (Fsp3) is 0.190. The predicted octanol–water partition coefficient (Wildman–Crippen LogP) is 4.85. The molecule has 116 valence electrons. The van der Waals surface area contributed by atoms with E-state index < -0.39 is 0 Å². The van der Waals surface area contributed by atoms with Crippen LogP contribution in [0.25, 0.3) is 6.08 Å².